The average Bonchev–Trinajstić information content (AvgIpc) is 2.66. The summed E-state index contributed by atoms with van der Waals surface area (Å²) in [6.07, 6.45) is 3.56. The van der Waals surface area contributed by atoms with Gasteiger partial charge >= 0.3 is 0 Å². The molecule has 0 aliphatic rings. The van der Waals surface area contributed by atoms with Crippen LogP contribution >= 0.6 is 11.6 Å². The Morgan fingerprint density at radius 1 is 1.23 bits per heavy atom. The number of aromatic nitrogens is 2. The highest BCUT2D eigenvalue weighted by Crippen LogP contribution is 2.15. The summed E-state index contributed by atoms with van der Waals surface area (Å²) < 4.78 is 6.97. The van der Waals surface area contributed by atoms with Gasteiger partial charge in [0.2, 0.25) is 0 Å². The lowest BCUT2D eigenvalue weighted by Gasteiger charge is -2.17. The summed E-state index contributed by atoms with van der Waals surface area (Å²) in [4.78, 5) is 30.7. The lowest BCUT2D eigenvalue weighted by molar-refractivity contribution is 0.0785. The fourth-order valence-corrected chi connectivity index (χ4v) is 2.63. The van der Waals surface area contributed by atoms with Crippen molar-refractivity contribution in [2.24, 2.45) is 0 Å². The van der Waals surface area contributed by atoms with Gasteiger partial charge in [-0.25, -0.2) is 4.98 Å². The largest absolute Gasteiger partial charge is 0.494 e. The van der Waals surface area contributed by atoms with Crippen LogP contribution in [0.5, 0.6) is 5.75 Å². The van der Waals surface area contributed by atoms with E-state index < -0.39 is 0 Å². The van der Waals surface area contributed by atoms with Crippen molar-refractivity contribution < 1.29 is 9.53 Å². The Hall–Kier alpha value is -2.86. The van der Waals surface area contributed by atoms with Crippen molar-refractivity contribution in [2.75, 3.05) is 20.2 Å². The van der Waals surface area contributed by atoms with Crippen LogP contribution in [0.3, 0.4) is 0 Å². The Labute approximate surface area is 155 Å². The predicted molar refractivity (Wildman–Crippen MR) is 100.0 cm³/mol. The second-order valence-electron chi connectivity index (χ2n) is 5.79. The zero-order chi connectivity index (χ0) is 18.5. The quantitative estimate of drug-likeness (QED) is 0.625. The van der Waals surface area contributed by atoms with Crippen LogP contribution in [0.25, 0.3) is 5.65 Å². The molecule has 134 valence electrons. The van der Waals surface area contributed by atoms with E-state index in [4.69, 9.17) is 16.3 Å². The minimum absolute atomic E-state index is 0.0508. The van der Waals surface area contributed by atoms with Gasteiger partial charge in [0.1, 0.15) is 17.0 Å². The lowest BCUT2D eigenvalue weighted by Crippen LogP contribution is -2.34. The maximum Gasteiger partial charge on any atom is 0.270 e. The molecule has 1 amide bonds. The Morgan fingerprint density at radius 2 is 2.00 bits per heavy atom. The number of rotatable bonds is 6. The van der Waals surface area contributed by atoms with Crippen LogP contribution in [0.1, 0.15) is 16.8 Å². The minimum atomic E-state index is -0.370. The highest BCUT2D eigenvalue weighted by molar-refractivity contribution is 6.30. The van der Waals surface area contributed by atoms with E-state index in [1.165, 1.54) is 15.5 Å². The molecule has 0 aliphatic heterocycles. The first-order valence-electron chi connectivity index (χ1n) is 8.16. The minimum Gasteiger partial charge on any atom is -0.494 e. The first kappa shape index (κ1) is 17.9. The van der Waals surface area contributed by atoms with Gasteiger partial charge in [-0.05, 0) is 42.8 Å². The van der Waals surface area contributed by atoms with Gasteiger partial charge < -0.3 is 9.64 Å². The number of benzene rings is 1. The summed E-state index contributed by atoms with van der Waals surface area (Å²) in [5, 5.41) is 0.651. The van der Waals surface area contributed by atoms with Crippen molar-refractivity contribution >= 4 is 23.2 Å². The predicted octanol–water partition coefficient (Wildman–Crippen LogP) is 2.89. The topological polar surface area (TPSA) is 63.9 Å². The molecule has 3 aromatic rings. The Bertz CT molecular complexity index is 970. The van der Waals surface area contributed by atoms with Crippen LogP contribution < -0.4 is 10.3 Å². The smallest absolute Gasteiger partial charge is 0.270 e. The van der Waals surface area contributed by atoms with Crippen molar-refractivity contribution in [3.8, 4) is 5.75 Å². The van der Waals surface area contributed by atoms with Crippen molar-refractivity contribution in [3.63, 3.8) is 0 Å². The van der Waals surface area contributed by atoms with E-state index in [0.29, 0.717) is 30.2 Å². The zero-order valence-corrected chi connectivity index (χ0v) is 15.0. The normalized spacial score (nSPS) is 10.7. The standard InChI is InChI=1S/C19H18ClN3O3/c1-22(10-4-12-26-15-8-6-14(20)7-9-15)18(24)16-13-21-17-5-2-3-11-23(17)19(16)25/h2-3,5-9,11,13H,4,10,12H2,1H3. The summed E-state index contributed by atoms with van der Waals surface area (Å²) >= 11 is 5.82. The van der Waals surface area contributed by atoms with E-state index in [1.54, 1.807) is 55.7 Å². The van der Waals surface area contributed by atoms with Crippen LogP contribution in [0.15, 0.2) is 59.7 Å². The third-order valence-corrected chi connectivity index (χ3v) is 4.16. The number of amides is 1. The van der Waals surface area contributed by atoms with Gasteiger partial charge in [0.25, 0.3) is 11.5 Å². The van der Waals surface area contributed by atoms with Gasteiger partial charge in [-0.15, -0.1) is 0 Å². The molecule has 3 rings (SSSR count). The number of hydrogen-bond donors (Lipinski definition) is 0. The molecule has 0 radical (unpaired) electrons. The maximum atomic E-state index is 12.5. The second kappa shape index (κ2) is 8.01. The summed E-state index contributed by atoms with van der Waals surface area (Å²) in [6.45, 7) is 0.914. The molecule has 0 unspecified atom stereocenters. The number of hydrogen-bond acceptors (Lipinski definition) is 4. The van der Waals surface area contributed by atoms with Gasteiger partial charge in [0.05, 0.1) is 6.61 Å². The summed E-state index contributed by atoms with van der Waals surface area (Å²) in [7, 11) is 1.66. The Kier molecular flexibility index (Phi) is 5.53. The molecule has 2 heterocycles. The molecule has 0 bridgehead atoms. The van der Waals surface area contributed by atoms with E-state index in [1.807, 2.05) is 0 Å². The van der Waals surface area contributed by atoms with Gasteiger partial charge in [0, 0.05) is 31.0 Å². The van der Waals surface area contributed by atoms with Crippen LogP contribution in [-0.4, -0.2) is 40.4 Å². The molecule has 26 heavy (non-hydrogen) atoms. The average molecular weight is 372 g/mol. The van der Waals surface area contributed by atoms with Crippen molar-refractivity contribution in [1.82, 2.24) is 14.3 Å². The molecular formula is C19H18ClN3O3. The lowest BCUT2D eigenvalue weighted by atomic mass is 10.2. The molecule has 7 heteroatoms. The van der Waals surface area contributed by atoms with Crippen molar-refractivity contribution in [3.05, 3.63) is 75.8 Å². The first-order valence-corrected chi connectivity index (χ1v) is 8.54. The molecule has 0 N–H and O–H groups in total. The highest BCUT2D eigenvalue weighted by atomic mass is 35.5. The third kappa shape index (κ3) is 4.03. The van der Waals surface area contributed by atoms with Crippen LogP contribution in [0, 0.1) is 0 Å². The fourth-order valence-electron chi connectivity index (χ4n) is 2.50. The van der Waals surface area contributed by atoms with Crippen LogP contribution in [0.2, 0.25) is 5.02 Å². The number of nitrogens with zero attached hydrogens (tertiary/aromatic N) is 3. The van der Waals surface area contributed by atoms with Crippen molar-refractivity contribution in [2.45, 2.75) is 6.42 Å². The molecule has 0 aliphatic carbocycles. The van der Waals surface area contributed by atoms with E-state index >= 15 is 0 Å². The highest BCUT2D eigenvalue weighted by Gasteiger charge is 2.17. The van der Waals surface area contributed by atoms with Gasteiger partial charge in [0.15, 0.2) is 0 Å². The summed E-state index contributed by atoms with van der Waals surface area (Å²) in [5.41, 5.74) is 0.188. The number of fused-ring (bicyclic) bond motifs is 1. The molecular weight excluding hydrogens is 354 g/mol. The number of carbonyl (C=O) groups excluding carboxylic acids is 1. The maximum absolute atomic E-state index is 12.5. The molecule has 0 spiro atoms. The van der Waals surface area contributed by atoms with E-state index in [9.17, 15) is 9.59 Å². The number of carbonyl (C=O) groups is 1. The molecule has 0 saturated carbocycles. The molecule has 0 fully saturated rings. The van der Waals surface area contributed by atoms with Gasteiger partial charge in [-0.1, -0.05) is 17.7 Å². The number of ether oxygens (including phenoxy) is 1. The van der Waals surface area contributed by atoms with E-state index in [-0.39, 0.29) is 17.0 Å². The molecule has 0 saturated heterocycles. The Morgan fingerprint density at radius 3 is 2.77 bits per heavy atom. The van der Waals surface area contributed by atoms with Crippen LogP contribution in [0.4, 0.5) is 0 Å². The second-order valence-corrected chi connectivity index (χ2v) is 6.22. The zero-order valence-electron chi connectivity index (χ0n) is 14.3. The monoisotopic (exact) mass is 371 g/mol. The SMILES string of the molecule is CN(CCCOc1ccc(Cl)cc1)C(=O)c1cnc2ccccn2c1=O. The fraction of sp³-hybridized carbons (Fsp3) is 0.211. The molecule has 2 aromatic heterocycles. The Balaban J connectivity index is 1.58. The molecule has 1 aromatic carbocycles. The third-order valence-electron chi connectivity index (χ3n) is 3.91. The van der Waals surface area contributed by atoms with Gasteiger partial charge in [-0.2, -0.15) is 0 Å². The van der Waals surface area contributed by atoms with E-state index in [2.05, 4.69) is 4.98 Å². The first-order chi connectivity index (χ1) is 12.6. The number of pyridine rings is 1. The summed E-state index contributed by atoms with van der Waals surface area (Å²) in [6, 6.07) is 12.3. The molecule has 0 atom stereocenters. The van der Waals surface area contributed by atoms with Crippen LogP contribution in [-0.2, 0) is 0 Å². The van der Waals surface area contributed by atoms with E-state index in [0.717, 1.165) is 5.75 Å². The summed E-state index contributed by atoms with van der Waals surface area (Å²) in [5.74, 6) is 0.368. The number of halogens is 1. The molecule has 6 nitrogen and oxygen atoms in total. The van der Waals surface area contributed by atoms with Gasteiger partial charge in [-0.3, -0.25) is 14.0 Å². The van der Waals surface area contributed by atoms with Crippen molar-refractivity contribution in [1.29, 1.82) is 0 Å².